The first-order valence-corrected chi connectivity index (χ1v) is 7.68. The number of rotatable bonds is 6. The Morgan fingerprint density at radius 2 is 2.12 bits per heavy atom. The lowest BCUT2D eigenvalue weighted by Gasteiger charge is -2.22. The second kappa shape index (κ2) is 7.79. The van der Waals surface area contributed by atoms with Gasteiger partial charge in [0, 0.05) is 35.8 Å². The lowest BCUT2D eigenvalue weighted by Crippen LogP contribution is -2.30. The molecule has 4 nitrogen and oxygen atoms in total. The van der Waals surface area contributed by atoms with E-state index in [2.05, 4.69) is 10.6 Å². The van der Waals surface area contributed by atoms with Crippen molar-refractivity contribution in [2.75, 3.05) is 31.6 Å². The predicted molar refractivity (Wildman–Crippen MR) is 66.8 cm³/mol. The third kappa shape index (κ3) is 6.23. The third-order valence-corrected chi connectivity index (χ3v) is 3.73. The quantitative estimate of drug-likeness (QED) is 0.707. The Kier molecular flexibility index (Phi) is 6.64. The highest BCUT2D eigenvalue weighted by molar-refractivity contribution is 7.84. The van der Waals surface area contributed by atoms with Crippen LogP contribution in [0.3, 0.4) is 0 Å². The van der Waals surface area contributed by atoms with Gasteiger partial charge in [0.2, 0.25) is 5.91 Å². The highest BCUT2D eigenvalue weighted by Crippen LogP contribution is 2.17. The number of piperidine rings is 1. The topological polar surface area (TPSA) is 58.2 Å². The van der Waals surface area contributed by atoms with Crippen molar-refractivity contribution in [2.24, 2.45) is 5.92 Å². The van der Waals surface area contributed by atoms with Gasteiger partial charge in [0.15, 0.2) is 0 Å². The molecule has 1 aliphatic rings. The summed E-state index contributed by atoms with van der Waals surface area (Å²) in [6, 6.07) is 0. The summed E-state index contributed by atoms with van der Waals surface area (Å²) < 4.78 is 10.8. The molecule has 94 valence electrons. The summed E-state index contributed by atoms with van der Waals surface area (Å²) in [6.45, 7) is 2.70. The van der Waals surface area contributed by atoms with Crippen LogP contribution in [-0.2, 0) is 15.6 Å². The van der Waals surface area contributed by atoms with Crippen LogP contribution in [0.15, 0.2) is 0 Å². The molecule has 0 aromatic heterocycles. The van der Waals surface area contributed by atoms with Crippen LogP contribution >= 0.6 is 0 Å². The Labute approximate surface area is 100 Å². The molecule has 0 radical (unpaired) electrons. The average Bonchev–Trinajstić information content (AvgIpc) is 2.27. The fourth-order valence-corrected chi connectivity index (χ4v) is 2.32. The van der Waals surface area contributed by atoms with Crippen molar-refractivity contribution in [2.45, 2.75) is 25.7 Å². The van der Waals surface area contributed by atoms with E-state index in [1.54, 1.807) is 6.26 Å². The first-order valence-electron chi connectivity index (χ1n) is 5.96. The highest BCUT2D eigenvalue weighted by Gasteiger charge is 2.14. The Balaban J connectivity index is 2.02. The molecule has 2 N–H and O–H groups in total. The largest absolute Gasteiger partial charge is 0.355 e. The van der Waals surface area contributed by atoms with Crippen LogP contribution in [0.25, 0.3) is 0 Å². The smallest absolute Gasteiger partial charge is 0.220 e. The molecule has 0 aromatic carbocycles. The molecule has 16 heavy (non-hydrogen) atoms. The monoisotopic (exact) mass is 246 g/mol. The van der Waals surface area contributed by atoms with E-state index in [1.807, 2.05) is 0 Å². The first-order chi connectivity index (χ1) is 7.68. The standard InChI is InChI=1S/C11H22N2O2S/c1-16(15)9-8-13-11(14)3-2-10-4-6-12-7-5-10/h10,12H,2-9H2,1H3,(H,13,14). The van der Waals surface area contributed by atoms with E-state index in [1.165, 1.54) is 12.8 Å². The van der Waals surface area contributed by atoms with Gasteiger partial charge < -0.3 is 10.6 Å². The summed E-state index contributed by atoms with van der Waals surface area (Å²) in [5.74, 6) is 1.36. The lowest BCUT2D eigenvalue weighted by atomic mass is 9.93. The van der Waals surface area contributed by atoms with E-state index in [9.17, 15) is 9.00 Å². The zero-order valence-corrected chi connectivity index (χ0v) is 10.8. The van der Waals surface area contributed by atoms with Gasteiger partial charge in [0.25, 0.3) is 0 Å². The van der Waals surface area contributed by atoms with Crippen LogP contribution in [-0.4, -0.2) is 41.8 Å². The molecule has 0 saturated carbocycles. The maximum atomic E-state index is 11.4. The summed E-state index contributed by atoms with van der Waals surface area (Å²) in [7, 11) is -0.813. The fraction of sp³-hybridized carbons (Fsp3) is 0.909. The van der Waals surface area contributed by atoms with Gasteiger partial charge in [-0.05, 0) is 38.3 Å². The van der Waals surface area contributed by atoms with Crippen molar-refractivity contribution in [3.05, 3.63) is 0 Å². The molecule has 1 saturated heterocycles. The fourth-order valence-electron chi connectivity index (χ4n) is 1.93. The molecule has 1 fully saturated rings. The molecule has 1 unspecified atom stereocenters. The molecule has 1 rings (SSSR count). The number of hydrogen-bond acceptors (Lipinski definition) is 3. The summed E-state index contributed by atoms with van der Waals surface area (Å²) >= 11 is 0. The zero-order valence-electron chi connectivity index (χ0n) is 9.96. The van der Waals surface area contributed by atoms with Gasteiger partial charge in [-0.1, -0.05) is 0 Å². The van der Waals surface area contributed by atoms with E-state index in [4.69, 9.17) is 0 Å². The molecular formula is C11H22N2O2S. The predicted octanol–water partition coefficient (Wildman–Crippen LogP) is 0.261. The highest BCUT2D eigenvalue weighted by atomic mass is 32.2. The minimum Gasteiger partial charge on any atom is -0.355 e. The summed E-state index contributed by atoms with van der Waals surface area (Å²) in [5, 5.41) is 6.12. The van der Waals surface area contributed by atoms with Crippen molar-refractivity contribution in [1.82, 2.24) is 10.6 Å². The molecule has 0 aromatic rings. The number of nitrogens with one attached hydrogen (secondary N) is 2. The second-order valence-electron chi connectivity index (χ2n) is 4.36. The van der Waals surface area contributed by atoms with E-state index in [0.29, 0.717) is 24.6 Å². The van der Waals surface area contributed by atoms with Crippen molar-refractivity contribution >= 4 is 16.7 Å². The minimum absolute atomic E-state index is 0.101. The molecule has 1 aliphatic heterocycles. The number of hydrogen-bond donors (Lipinski definition) is 2. The SMILES string of the molecule is CS(=O)CCNC(=O)CCC1CCNCC1. The molecule has 1 atom stereocenters. The van der Waals surface area contributed by atoms with Crippen LogP contribution in [0.1, 0.15) is 25.7 Å². The van der Waals surface area contributed by atoms with Crippen molar-refractivity contribution < 1.29 is 9.00 Å². The molecule has 0 aliphatic carbocycles. The molecule has 1 heterocycles. The van der Waals surface area contributed by atoms with Gasteiger partial charge in [-0.15, -0.1) is 0 Å². The maximum absolute atomic E-state index is 11.4. The van der Waals surface area contributed by atoms with Crippen molar-refractivity contribution in [3.8, 4) is 0 Å². The van der Waals surface area contributed by atoms with Gasteiger partial charge in [-0.25, -0.2) is 0 Å². The second-order valence-corrected chi connectivity index (χ2v) is 5.91. The van der Waals surface area contributed by atoms with Gasteiger partial charge in [0.05, 0.1) is 0 Å². The molecule has 0 bridgehead atoms. The first kappa shape index (κ1) is 13.6. The number of carbonyl (C=O) groups is 1. The van der Waals surface area contributed by atoms with E-state index in [-0.39, 0.29) is 5.91 Å². The zero-order chi connectivity index (χ0) is 11.8. The normalized spacial score (nSPS) is 19.3. The Bertz CT molecular complexity index is 240. The van der Waals surface area contributed by atoms with Crippen LogP contribution in [0, 0.1) is 5.92 Å². The lowest BCUT2D eigenvalue weighted by molar-refractivity contribution is -0.121. The van der Waals surface area contributed by atoms with Gasteiger partial charge >= 0.3 is 0 Å². The van der Waals surface area contributed by atoms with Crippen LogP contribution in [0.4, 0.5) is 0 Å². The minimum atomic E-state index is -0.813. The Hall–Kier alpha value is -0.420. The van der Waals surface area contributed by atoms with Gasteiger partial charge in [0.1, 0.15) is 0 Å². The molecule has 0 spiro atoms. The van der Waals surface area contributed by atoms with E-state index < -0.39 is 10.8 Å². The van der Waals surface area contributed by atoms with Gasteiger partial charge in [-0.3, -0.25) is 9.00 Å². The van der Waals surface area contributed by atoms with Gasteiger partial charge in [-0.2, -0.15) is 0 Å². The van der Waals surface area contributed by atoms with E-state index >= 15 is 0 Å². The number of carbonyl (C=O) groups excluding carboxylic acids is 1. The Morgan fingerprint density at radius 3 is 2.75 bits per heavy atom. The molecular weight excluding hydrogens is 224 g/mol. The summed E-state index contributed by atoms with van der Waals surface area (Å²) in [4.78, 5) is 11.4. The summed E-state index contributed by atoms with van der Waals surface area (Å²) in [5.41, 5.74) is 0. The third-order valence-electron chi connectivity index (χ3n) is 2.95. The van der Waals surface area contributed by atoms with Crippen LogP contribution in [0.5, 0.6) is 0 Å². The average molecular weight is 246 g/mol. The number of amides is 1. The van der Waals surface area contributed by atoms with Crippen molar-refractivity contribution in [3.63, 3.8) is 0 Å². The summed E-state index contributed by atoms with van der Waals surface area (Å²) in [6.07, 6.45) is 5.63. The molecule has 5 heteroatoms. The van der Waals surface area contributed by atoms with Crippen LogP contribution < -0.4 is 10.6 Å². The maximum Gasteiger partial charge on any atom is 0.220 e. The molecule has 1 amide bonds. The van der Waals surface area contributed by atoms with Crippen LogP contribution in [0.2, 0.25) is 0 Å². The van der Waals surface area contributed by atoms with Crippen molar-refractivity contribution in [1.29, 1.82) is 0 Å². The van der Waals surface area contributed by atoms with E-state index in [0.717, 1.165) is 19.5 Å². The Morgan fingerprint density at radius 1 is 1.44 bits per heavy atom.